The van der Waals surface area contributed by atoms with Crippen LogP contribution in [-0.4, -0.2) is 15.2 Å². The molecule has 2 aliphatic rings. The van der Waals surface area contributed by atoms with Crippen LogP contribution >= 0.6 is 0 Å². The van der Waals surface area contributed by atoms with Gasteiger partial charge in [-0.3, -0.25) is 0 Å². The van der Waals surface area contributed by atoms with Gasteiger partial charge in [0.25, 0.3) is 0 Å². The van der Waals surface area contributed by atoms with Gasteiger partial charge in [-0.25, -0.2) is 0 Å². The second-order valence-electron chi connectivity index (χ2n) is 12.4. The number of nitrogens with zero attached hydrogens (tertiary/aromatic N) is 4. The number of hydrogen-bond acceptors (Lipinski definition) is 2. The highest BCUT2D eigenvalue weighted by Gasteiger charge is 2.43. The van der Waals surface area contributed by atoms with Crippen LogP contribution in [0.1, 0.15) is 17.0 Å². The van der Waals surface area contributed by atoms with Gasteiger partial charge in [-0.1, -0.05) is 115 Å². The molecule has 4 heteroatoms. The number of para-hydroxylation sites is 5. The minimum absolute atomic E-state index is 0.0314. The lowest BCUT2D eigenvalue weighted by molar-refractivity contribution is 0.743. The number of anilines is 2. The zero-order valence-electron chi connectivity index (χ0n) is 25.5. The molecule has 0 saturated heterocycles. The Morgan fingerprint density at radius 1 is 0.511 bits per heavy atom. The van der Waals surface area contributed by atoms with Crippen LogP contribution in [0.25, 0.3) is 55.0 Å². The number of nitriles is 1. The van der Waals surface area contributed by atoms with Gasteiger partial charge in [0.15, 0.2) is 0 Å². The summed E-state index contributed by atoms with van der Waals surface area (Å²) >= 11 is 0. The summed E-state index contributed by atoms with van der Waals surface area (Å²) in [7, 11) is 0. The van der Waals surface area contributed by atoms with Crippen LogP contribution in [0.2, 0.25) is 0 Å². The topological polar surface area (TPSA) is 36.9 Å². The molecule has 3 heterocycles. The van der Waals surface area contributed by atoms with E-state index in [9.17, 15) is 5.26 Å². The van der Waals surface area contributed by atoms with Crippen LogP contribution in [0, 0.1) is 11.3 Å². The molecule has 8 aromatic rings. The molecule has 0 amide bonds. The van der Waals surface area contributed by atoms with Crippen molar-refractivity contribution < 1.29 is 0 Å². The minimum atomic E-state index is 0.0314. The van der Waals surface area contributed by atoms with Crippen molar-refractivity contribution in [3.8, 4) is 17.4 Å². The summed E-state index contributed by atoms with van der Waals surface area (Å²) in [5, 5.41) is 15.7. The quantitative estimate of drug-likeness (QED) is 0.202. The molecule has 0 fully saturated rings. The lowest BCUT2D eigenvalue weighted by Crippen LogP contribution is -2.29. The van der Waals surface area contributed by atoms with Gasteiger partial charge < -0.3 is 14.0 Å². The summed E-state index contributed by atoms with van der Waals surface area (Å²) in [4.78, 5) is 2.47. The van der Waals surface area contributed by atoms with Crippen molar-refractivity contribution >= 4 is 55.0 Å². The maximum absolute atomic E-state index is 10.9. The van der Waals surface area contributed by atoms with E-state index in [0.29, 0.717) is 5.56 Å². The van der Waals surface area contributed by atoms with Crippen LogP contribution in [0.15, 0.2) is 158 Å². The third-order valence-corrected chi connectivity index (χ3v) is 10.1. The maximum atomic E-state index is 10.9. The van der Waals surface area contributed by atoms with Crippen LogP contribution in [0.4, 0.5) is 11.4 Å². The Hall–Kier alpha value is -6.31. The second kappa shape index (κ2) is 9.84. The Labute approximate surface area is 271 Å². The molecule has 0 spiro atoms. The molecule has 47 heavy (non-hydrogen) atoms. The van der Waals surface area contributed by atoms with E-state index < -0.39 is 0 Å². The van der Waals surface area contributed by atoms with Crippen molar-refractivity contribution in [1.29, 1.82) is 5.26 Å². The van der Waals surface area contributed by atoms with Crippen molar-refractivity contribution in [1.82, 2.24) is 9.13 Å². The molecule has 1 aliphatic carbocycles. The van der Waals surface area contributed by atoms with E-state index in [1.54, 1.807) is 0 Å². The van der Waals surface area contributed by atoms with Crippen LogP contribution in [-0.2, 0) is 0 Å². The molecule has 0 radical (unpaired) electrons. The first-order chi connectivity index (χ1) is 23.3. The molecule has 1 aliphatic heterocycles. The molecule has 4 nitrogen and oxygen atoms in total. The molecular weight excluding hydrogens is 573 g/mol. The summed E-state index contributed by atoms with van der Waals surface area (Å²) in [6, 6.07) is 50.1. The maximum Gasteiger partial charge on any atom is 0.0996 e. The largest absolute Gasteiger partial charge is 0.332 e. The fourth-order valence-electron chi connectivity index (χ4n) is 8.22. The van der Waals surface area contributed by atoms with Gasteiger partial charge in [0.05, 0.1) is 56.8 Å². The number of hydrogen-bond donors (Lipinski definition) is 0. The van der Waals surface area contributed by atoms with Crippen molar-refractivity contribution in [2.45, 2.75) is 12.0 Å². The number of benzene rings is 6. The summed E-state index contributed by atoms with van der Waals surface area (Å²) in [6.45, 7) is 0. The SMILES string of the molecule is N#Cc1cc(-n2c3ccccc3c3ccccc32)c(-n2c3ccccc3c3ccccc32)c2c1C1C=CC=CC1N2c1ccccc1. The fourth-order valence-corrected chi connectivity index (χ4v) is 8.22. The van der Waals surface area contributed by atoms with E-state index >= 15 is 0 Å². The third-order valence-electron chi connectivity index (χ3n) is 10.1. The molecule has 6 aromatic carbocycles. The zero-order valence-corrected chi connectivity index (χ0v) is 25.5. The van der Waals surface area contributed by atoms with Gasteiger partial charge in [0, 0.05) is 38.7 Å². The Bertz CT molecular complexity index is 2560. The van der Waals surface area contributed by atoms with Crippen LogP contribution < -0.4 is 4.90 Å². The summed E-state index contributed by atoms with van der Waals surface area (Å²) < 4.78 is 4.83. The van der Waals surface area contributed by atoms with Gasteiger partial charge in [0.2, 0.25) is 0 Å². The second-order valence-corrected chi connectivity index (χ2v) is 12.4. The Kier molecular flexibility index (Phi) is 5.44. The molecule has 2 unspecified atom stereocenters. The van der Waals surface area contributed by atoms with E-state index in [0.717, 1.165) is 50.4 Å². The zero-order chi connectivity index (χ0) is 31.1. The summed E-state index contributed by atoms with van der Waals surface area (Å²) in [5.41, 5.74) is 10.5. The number of aromatic nitrogens is 2. The molecule has 220 valence electrons. The highest BCUT2D eigenvalue weighted by molar-refractivity contribution is 6.12. The van der Waals surface area contributed by atoms with Gasteiger partial charge in [-0.15, -0.1) is 0 Å². The van der Waals surface area contributed by atoms with Crippen molar-refractivity contribution in [3.05, 3.63) is 169 Å². The lowest BCUT2D eigenvalue weighted by atomic mass is 9.88. The standard InChI is InChI=1S/C43H28N4/c44-27-28-26-40(46-35-21-9-4-16-30(35)31-17-5-10-22-36(31)46)42(47-37-23-11-6-18-32(37)33-19-7-12-24-38(33)47)43-41(28)34-20-8-13-25-39(34)45(43)29-14-2-1-3-15-29/h1-26,34,39H. The third kappa shape index (κ3) is 3.51. The smallest absolute Gasteiger partial charge is 0.0996 e. The average Bonchev–Trinajstić information content (AvgIpc) is 3.78. The highest BCUT2D eigenvalue weighted by atomic mass is 15.2. The molecule has 2 aromatic heterocycles. The first-order valence-electron chi connectivity index (χ1n) is 16.1. The average molecular weight is 601 g/mol. The monoisotopic (exact) mass is 600 g/mol. The van der Waals surface area contributed by atoms with Crippen molar-refractivity contribution in [2.24, 2.45) is 0 Å². The number of rotatable bonds is 3. The van der Waals surface area contributed by atoms with Gasteiger partial charge in [-0.2, -0.15) is 5.26 Å². The first kappa shape index (κ1) is 26.0. The Morgan fingerprint density at radius 2 is 1.00 bits per heavy atom. The van der Waals surface area contributed by atoms with E-state index in [-0.39, 0.29) is 12.0 Å². The lowest BCUT2D eigenvalue weighted by Gasteiger charge is -2.31. The first-order valence-corrected chi connectivity index (χ1v) is 16.1. The van der Waals surface area contributed by atoms with Crippen LogP contribution in [0.5, 0.6) is 0 Å². The van der Waals surface area contributed by atoms with Crippen molar-refractivity contribution in [3.63, 3.8) is 0 Å². The molecule has 0 bridgehead atoms. The fraction of sp³-hybridized carbons (Fsp3) is 0.0465. The Balaban J connectivity index is 1.47. The molecular formula is C43H28N4. The van der Waals surface area contributed by atoms with Gasteiger partial charge in [-0.05, 0) is 42.5 Å². The van der Waals surface area contributed by atoms with Crippen LogP contribution in [0.3, 0.4) is 0 Å². The molecule has 0 N–H and O–H groups in total. The van der Waals surface area contributed by atoms with Crippen molar-refractivity contribution in [2.75, 3.05) is 4.90 Å². The summed E-state index contributed by atoms with van der Waals surface area (Å²) in [5.74, 6) is 0.0314. The van der Waals surface area contributed by atoms with E-state index in [1.165, 1.54) is 21.5 Å². The minimum Gasteiger partial charge on any atom is -0.332 e. The molecule has 10 rings (SSSR count). The predicted molar refractivity (Wildman–Crippen MR) is 193 cm³/mol. The number of fused-ring (bicyclic) bond motifs is 9. The normalized spacial score (nSPS) is 16.7. The molecule has 2 atom stereocenters. The van der Waals surface area contributed by atoms with E-state index in [4.69, 9.17) is 0 Å². The van der Waals surface area contributed by atoms with Gasteiger partial charge >= 0.3 is 0 Å². The number of allylic oxidation sites excluding steroid dienone is 2. The Morgan fingerprint density at radius 3 is 1.55 bits per heavy atom. The predicted octanol–water partition coefficient (Wildman–Crippen LogP) is 10.5. The van der Waals surface area contributed by atoms with E-state index in [2.05, 4.69) is 178 Å². The van der Waals surface area contributed by atoms with Gasteiger partial charge in [0.1, 0.15) is 0 Å². The molecule has 0 saturated carbocycles. The van der Waals surface area contributed by atoms with E-state index in [1.807, 2.05) is 0 Å². The summed E-state index contributed by atoms with van der Waals surface area (Å²) in [6.07, 6.45) is 8.82. The highest BCUT2D eigenvalue weighted by Crippen LogP contribution is 2.55.